The maximum atomic E-state index is 12.9. The van der Waals surface area contributed by atoms with Crippen LogP contribution in [0.25, 0.3) is 11.1 Å². The second kappa shape index (κ2) is 8.99. The van der Waals surface area contributed by atoms with E-state index >= 15 is 0 Å². The lowest BCUT2D eigenvalue weighted by molar-refractivity contribution is -0.158. The maximum absolute atomic E-state index is 12.9. The van der Waals surface area contributed by atoms with E-state index in [0.29, 0.717) is 36.9 Å². The summed E-state index contributed by atoms with van der Waals surface area (Å²) in [5.41, 5.74) is 7.13. The van der Waals surface area contributed by atoms with E-state index in [2.05, 4.69) is 4.98 Å². The lowest BCUT2D eigenvalue weighted by atomic mass is 9.99. The molecule has 9 heteroatoms. The minimum atomic E-state index is -0.921. The van der Waals surface area contributed by atoms with Crippen molar-refractivity contribution in [2.24, 2.45) is 5.73 Å². The number of carbonyl (C=O) groups is 2. The van der Waals surface area contributed by atoms with Crippen molar-refractivity contribution in [3.8, 4) is 11.1 Å². The Morgan fingerprint density at radius 3 is 2.52 bits per heavy atom. The van der Waals surface area contributed by atoms with Crippen molar-refractivity contribution in [3.05, 3.63) is 41.7 Å². The van der Waals surface area contributed by atoms with Gasteiger partial charge >= 0.3 is 0 Å². The Kier molecular flexibility index (Phi) is 6.56. The van der Waals surface area contributed by atoms with Gasteiger partial charge in [0.2, 0.25) is 11.9 Å². The normalized spacial score (nSPS) is 16.8. The predicted molar refractivity (Wildman–Crippen MR) is 117 cm³/mol. The van der Waals surface area contributed by atoms with E-state index < -0.39 is 17.6 Å². The molecular formula is C22H29N5O4. The van der Waals surface area contributed by atoms with Gasteiger partial charge in [-0.1, -0.05) is 12.1 Å². The van der Waals surface area contributed by atoms with Gasteiger partial charge in [-0.3, -0.25) is 9.59 Å². The highest BCUT2D eigenvalue weighted by atomic mass is 16.5. The summed E-state index contributed by atoms with van der Waals surface area (Å²) < 4.78 is 11.4. The van der Waals surface area contributed by atoms with Crippen LogP contribution in [0.5, 0.6) is 0 Å². The molecule has 0 aliphatic carbocycles. The van der Waals surface area contributed by atoms with Crippen LogP contribution >= 0.6 is 0 Å². The van der Waals surface area contributed by atoms with Gasteiger partial charge in [0.25, 0.3) is 5.91 Å². The fourth-order valence-corrected chi connectivity index (χ4v) is 3.35. The van der Waals surface area contributed by atoms with E-state index in [4.69, 9.17) is 20.2 Å². The molecule has 1 aliphatic heterocycles. The zero-order valence-electron chi connectivity index (χ0n) is 18.6. The monoisotopic (exact) mass is 427 g/mol. The second-order valence-corrected chi connectivity index (χ2v) is 8.13. The van der Waals surface area contributed by atoms with E-state index in [1.165, 1.54) is 7.11 Å². The Balaban J connectivity index is 1.99. The number of anilines is 1. The molecule has 9 nitrogen and oxygen atoms in total. The Hall–Kier alpha value is -3.04. The average molecular weight is 428 g/mol. The van der Waals surface area contributed by atoms with Gasteiger partial charge in [0.1, 0.15) is 11.7 Å². The van der Waals surface area contributed by atoms with Crippen LogP contribution in [0, 0.1) is 0 Å². The number of methoxy groups -OCH3 is 1. The van der Waals surface area contributed by atoms with E-state index in [-0.39, 0.29) is 5.91 Å². The number of aromatic nitrogens is 2. The van der Waals surface area contributed by atoms with Gasteiger partial charge in [-0.2, -0.15) is 0 Å². The predicted octanol–water partition coefficient (Wildman–Crippen LogP) is 1.63. The second-order valence-electron chi connectivity index (χ2n) is 8.13. The van der Waals surface area contributed by atoms with Crippen LogP contribution in [0.15, 0.2) is 30.5 Å². The highest BCUT2D eigenvalue weighted by Gasteiger charge is 2.36. The number of benzene rings is 1. The van der Waals surface area contributed by atoms with Crippen LogP contribution < -0.4 is 10.6 Å². The third-order valence-corrected chi connectivity index (χ3v) is 5.37. The summed E-state index contributed by atoms with van der Waals surface area (Å²) in [6.07, 6.45) is 1.30. The fraction of sp³-hybridized carbons (Fsp3) is 0.455. The fourth-order valence-electron chi connectivity index (χ4n) is 3.35. The molecule has 2 heterocycles. The molecule has 2 amide bonds. The minimum Gasteiger partial charge on any atom is -0.369 e. The molecule has 1 saturated heterocycles. The Labute approximate surface area is 182 Å². The van der Waals surface area contributed by atoms with Crippen LogP contribution in [-0.2, 0) is 14.3 Å². The van der Waals surface area contributed by atoms with Crippen molar-refractivity contribution in [3.63, 3.8) is 0 Å². The van der Waals surface area contributed by atoms with E-state index in [0.717, 1.165) is 11.1 Å². The zero-order valence-corrected chi connectivity index (χ0v) is 18.6. The van der Waals surface area contributed by atoms with Gasteiger partial charge in [0.15, 0.2) is 0 Å². The molecule has 0 unspecified atom stereocenters. The van der Waals surface area contributed by atoms with Crippen molar-refractivity contribution < 1.29 is 19.1 Å². The number of hydrogen-bond acceptors (Lipinski definition) is 7. The molecule has 3 rings (SSSR count). The van der Waals surface area contributed by atoms with E-state index in [1.54, 1.807) is 49.2 Å². The number of hydrogen-bond donors (Lipinski definition) is 1. The van der Waals surface area contributed by atoms with Crippen molar-refractivity contribution in [1.29, 1.82) is 0 Å². The molecule has 0 saturated carbocycles. The SMILES string of the molecule is COC(C)(C)C(=O)N1CCO[C@@H](c2nc(N(C)C)ncc2-c2ccc(C(N)=O)cc2)C1. The molecule has 2 N–H and O–H groups in total. The molecule has 1 aromatic carbocycles. The van der Waals surface area contributed by atoms with Crippen LogP contribution in [0.3, 0.4) is 0 Å². The van der Waals surface area contributed by atoms with Crippen molar-refractivity contribution in [2.45, 2.75) is 25.6 Å². The van der Waals surface area contributed by atoms with E-state index in [9.17, 15) is 9.59 Å². The van der Waals surface area contributed by atoms with Crippen molar-refractivity contribution in [1.82, 2.24) is 14.9 Å². The molecule has 1 aliphatic rings. The largest absolute Gasteiger partial charge is 0.369 e. The molecule has 1 aromatic heterocycles. The number of rotatable bonds is 6. The zero-order chi connectivity index (χ0) is 22.8. The number of morpholine rings is 1. The summed E-state index contributed by atoms with van der Waals surface area (Å²) in [7, 11) is 5.25. The maximum Gasteiger partial charge on any atom is 0.254 e. The first kappa shape index (κ1) is 22.6. The number of carbonyl (C=O) groups excluding carboxylic acids is 2. The molecule has 0 bridgehead atoms. The summed E-state index contributed by atoms with van der Waals surface area (Å²) in [5.74, 6) is -0.0502. The van der Waals surface area contributed by atoms with Crippen molar-refractivity contribution in [2.75, 3.05) is 45.8 Å². The van der Waals surface area contributed by atoms with Crippen LogP contribution in [0.4, 0.5) is 5.95 Å². The van der Waals surface area contributed by atoms with Gasteiger partial charge in [-0.15, -0.1) is 0 Å². The molecular weight excluding hydrogens is 398 g/mol. The first-order valence-electron chi connectivity index (χ1n) is 10.0. The lowest BCUT2D eigenvalue weighted by Crippen LogP contribution is -2.51. The number of primary amides is 1. The summed E-state index contributed by atoms with van der Waals surface area (Å²) >= 11 is 0. The van der Waals surface area contributed by atoms with Crippen molar-refractivity contribution >= 4 is 17.8 Å². The molecule has 31 heavy (non-hydrogen) atoms. The Bertz CT molecular complexity index is 959. The lowest BCUT2D eigenvalue weighted by Gasteiger charge is -2.37. The van der Waals surface area contributed by atoms with Gasteiger partial charge in [0, 0.05) is 45.1 Å². The Morgan fingerprint density at radius 2 is 1.94 bits per heavy atom. The standard InChI is InChI=1S/C22H29N5O4/c1-22(2,30-5)20(29)27-10-11-31-17(13-27)18-16(12-24-21(25-18)26(3)4)14-6-8-15(9-7-14)19(23)28/h6-9,12,17H,10-11,13H2,1-5H3,(H2,23,28)/t17-/m1/s1. The summed E-state index contributed by atoms with van der Waals surface area (Å²) in [6.45, 7) is 4.72. The molecule has 0 radical (unpaired) electrons. The number of nitrogens with two attached hydrogens (primary N) is 1. The highest BCUT2D eigenvalue weighted by Crippen LogP contribution is 2.32. The molecule has 166 valence electrons. The summed E-state index contributed by atoms with van der Waals surface area (Å²) in [6, 6.07) is 6.94. The topological polar surface area (TPSA) is 111 Å². The quantitative estimate of drug-likeness (QED) is 0.746. The minimum absolute atomic E-state index is 0.0995. The molecule has 2 aromatic rings. The average Bonchev–Trinajstić information content (AvgIpc) is 2.78. The van der Waals surface area contributed by atoms with E-state index in [1.807, 2.05) is 19.0 Å². The number of nitrogens with zero attached hydrogens (tertiary/aromatic N) is 4. The van der Waals surface area contributed by atoms with Crippen LogP contribution in [0.1, 0.15) is 36.0 Å². The number of amides is 2. The smallest absolute Gasteiger partial charge is 0.254 e. The third kappa shape index (κ3) is 4.83. The molecule has 0 spiro atoms. The summed E-state index contributed by atoms with van der Waals surface area (Å²) in [4.78, 5) is 37.1. The molecule has 1 atom stereocenters. The third-order valence-electron chi connectivity index (χ3n) is 5.37. The van der Waals surface area contributed by atoms with Gasteiger partial charge < -0.3 is 25.0 Å². The molecule has 1 fully saturated rings. The van der Waals surface area contributed by atoms with Crippen LogP contribution in [-0.4, -0.2) is 73.2 Å². The summed E-state index contributed by atoms with van der Waals surface area (Å²) in [5, 5.41) is 0. The number of ether oxygens (including phenoxy) is 2. The first-order chi connectivity index (χ1) is 14.6. The van der Waals surface area contributed by atoms with Gasteiger partial charge in [-0.05, 0) is 31.5 Å². The van der Waals surface area contributed by atoms with Crippen LogP contribution in [0.2, 0.25) is 0 Å². The van der Waals surface area contributed by atoms with Gasteiger partial charge in [0.05, 0.1) is 18.8 Å². The Morgan fingerprint density at radius 1 is 1.26 bits per heavy atom. The first-order valence-corrected chi connectivity index (χ1v) is 10.0. The van der Waals surface area contributed by atoms with Gasteiger partial charge in [-0.25, -0.2) is 9.97 Å². The highest BCUT2D eigenvalue weighted by molar-refractivity contribution is 5.93.